The number of rotatable bonds is 3. The Hall–Kier alpha value is -2.77. The number of hydrogen-bond acceptors (Lipinski definition) is 5. The molecule has 0 radical (unpaired) electrons. The lowest BCUT2D eigenvalue weighted by atomic mass is 10.2. The first-order valence-electron chi connectivity index (χ1n) is 7.60. The molecule has 0 aromatic carbocycles. The summed E-state index contributed by atoms with van der Waals surface area (Å²) in [5.41, 5.74) is 0.982. The molecule has 1 fully saturated rings. The number of likely N-dealkylation sites (tertiary alicyclic amines) is 1. The molecule has 3 rings (SSSR count). The monoisotopic (exact) mass is 331 g/mol. The molecule has 1 amide bonds. The highest BCUT2D eigenvalue weighted by molar-refractivity contribution is 5.73. The lowest BCUT2D eigenvalue weighted by Crippen LogP contribution is -2.34. The van der Waals surface area contributed by atoms with Gasteiger partial charge in [-0.15, -0.1) is 0 Å². The molecular formula is C16H18FN5O2. The molecular weight excluding hydrogens is 313 g/mol. The molecule has 2 aromatic rings. The molecule has 1 N–H and O–H groups in total. The second-order valence-corrected chi connectivity index (χ2v) is 5.79. The van der Waals surface area contributed by atoms with Gasteiger partial charge < -0.3 is 10.2 Å². The minimum absolute atomic E-state index is 0.0466. The van der Waals surface area contributed by atoms with Gasteiger partial charge in [0.25, 0.3) is 5.56 Å². The molecule has 0 unspecified atom stereocenters. The maximum absolute atomic E-state index is 14.2. The zero-order valence-corrected chi connectivity index (χ0v) is 13.4. The molecule has 0 aliphatic carbocycles. The number of hydrogen-bond donors (Lipinski definition) is 1. The Morgan fingerprint density at radius 1 is 1.33 bits per heavy atom. The average molecular weight is 331 g/mol. The molecule has 0 bridgehead atoms. The number of aromatic nitrogens is 3. The zero-order valence-electron chi connectivity index (χ0n) is 13.4. The SMILES string of the molecule is CC(=O)N1C[C@@H](F)[C@H](Nc2nc(-c3ccncc3)cc(=O)n2C)C1. The summed E-state index contributed by atoms with van der Waals surface area (Å²) in [6.07, 6.45) is 2.01. The van der Waals surface area contributed by atoms with Crippen LogP contribution in [0.1, 0.15) is 6.92 Å². The molecule has 24 heavy (non-hydrogen) atoms. The van der Waals surface area contributed by atoms with Crippen molar-refractivity contribution in [2.45, 2.75) is 19.1 Å². The molecule has 1 saturated heterocycles. The standard InChI is InChI=1S/C16H18FN5O2/c1-10(23)22-8-12(17)14(9-22)20-16-19-13(7-15(24)21(16)2)11-3-5-18-6-4-11/h3-7,12,14H,8-9H2,1-2H3,(H,19,20)/t12-,14-/m1/s1. The first kappa shape index (κ1) is 16.1. The van der Waals surface area contributed by atoms with E-state index in [2.05, 4.69) is 15.3 Å². The van der Waals surface area contributed by atoms with Crippen molar-refractivity contribution in [1.82, 2.24) is 19.4 Å². The van der Waals surface area contributed by atoms with Crippen molar-refractivity contribution < 1.29 is 9.18 Å². The van der Waals surface area contributed by atoms with Crippen molar-refractivity contribution >= 4 is 11.9 Å². The van der Waals surface area contributed by atoms with E-state index in [9.17, 15) is 14.0 Å². The van der Waals surface area contributed by atoms with Gasteiger partial charge in [-0.05, 0) is 12.1 Å². The molecule has 0 spiro atoms. The number of alkyl halides is 1. The van der Waals surface area contributed by atoms with Crippen molar-refractivity contribution in [2.24, 2.45) is 7.05 Å². The van der Waals surface area contributed by atoms with E-state index >= 15 is 0 Å². The topological polar surface area (TPSA) is 80.1 Å². The Balaban J connectivity index is 1.90. The number of carbonyl (C=O) groups excluding carboxylic acids is 1. The van der Waals surface area contributed by atoms with Crippen molar-refractivity contribution in [1.29, 1.82) is 0 Å². The Morgan fingerprint density at radius 2 is 2.04 bits per heavy atom. The van der Waals surface area contributed by atoms with Crippen molar-refractivity contribution in [2.75, 3.05) is 18.4 Å². The summed E-state index contributed by atoms with van der Waals surface area (Å²) in [5, 5.41) is 2.96. The van der Waals surface area contributed by atoms with Crippen LogP contribution in [0.4, 0.5) is 10.3 Å². The molecule has 0 saturated carbocycles. The van der Waals surface area contributed by atoms with E-state index in [1.165, 1.54) is 22.5 Å². The van der Waals surface area contributed by atoms with Crippen molar-refractivity contribution in [3.8, 4) is 11.3 Å². The number of carbonyl (C=O) groups is 1. The second kappa shape index (κ2) is 6.38. The fourth-order valence-electron chi connectivity index (χ4n) is 2.66. The lowest BCUT2D eigenvalue weighted by Gasteiger charge is -2.18. The van der Waals surface area contributed by atoms with Gasteiger partial charge in [0.15, 0.2) is 0 Å². The van der Waals surface area contributed by atoms with Crippen molar-refractivity contribution in [3.63, 3.8) is 0 Å². The smallest absolute Gasteiger partial charge is 0.255 e. The molecule has 1 aliphatic heterocycles. The lowest BCUT2D eigenvalue weighted by molar-refractivity contribution is -0.128. The number of anilines is 1. The first-order valence-corrected chi connectivity index (χ1v) is 7.60. The summed E-state index contributed by atoms with van der Waals surface area (Å²) in [6.45, 7) is 1.70. The summed E-state index contributed by atoms with van der Waals surface area (Å²) in [4.78, 5) is 33.4. The molecule has 2 atom stereocenters. The Bertz CT molecular complexity index is 808. The van der Waals surface area contributed by atoms with Gasteiger partial charge in [0, 0.05) is 44.5 Å². The summed E-state index contributed by atoms with van der Waals surface area (Å²) < 4.78 is 15.5. The number of amides is 1. The van der Waals surface area contributed by atoms with Gasteiger partial charge in [-0.1, -0.05) is 0 Å². The van der Waals surface area contributed by atoms with Crippen LogP contribution in [0.25, 0.3) is 11.3 Å². The van der Waals surface area contributed by atoms with Gasteiger partial charge in [0.1, 0.15) is 6.17 Å². The van der Waals surface area contributed by atoms with Crippen molar-refractivity contribution in [3.05, 3.63) is 40.9 Å². The first-order chi connectivity index (χ1) is 11.5. The Morgan fingerprint density at radius 3 is 2.67 bits per heavy atom. The molecule has 8 heteroatoms. The van der Waals surface area contributed by atoms with Gasteiger partial charge >= 0.3 is 0 Å². The van der Waals surface area contributed by atoms with Gasteiger partial charge in [-0.2, -0.15) is 0 Å². The number of pyridine rings is 1. The quantitative estimate of drug-likeness (QED) is 0.901. The van der Waals surface area contributed by atoms with Gasteiger partial charge in [0.05, 0.1) is 18.3 Å². The van der Waals surface area contributed by atoms with Crippen LogP contribution < -0.4 is 10.9 Å². The molecule has 1 aliphatic rings. The van der Waals surface area contributed by atoms with Crippen LogP contribution in [-0.2, 0) is 11.8 Å². The van der Waals surface area contributed by atoms with E-state index in [0.717, 1.165) is 5.56 Å². The van der Waals surface area contributed by atoms with Crippen LogP contribution in [-0.4, -0.2) is 50.6 Å². The fourth-order valence-corrected chi connectivity index (χ4v) is 2.66. The highest BCUT2D eigenvalue weighted by Gasteiger charge is 2.34. The Kier molecular flexibility index (Phi) is 4.28. The third kappa shape index (κ3) is 3.12. The normalized spacial score (nSPS) is 20.2. The van der Waals surface area contributed by atoms with E-state index < -0.39 is 12.2 Å². The highest BCUT2D eigenvalue weighted by atomic mass is 19.1. The van der Waals surface area contributed by atoms with Gasteiger partial charge in [0.2, 0.25) is 11.9 Å². The van der Waals surface area contributed by atoms with Gasteiger partial charge in [-0.25, -0.2) is 9.37 Å². The molecule has 3 heterocycles. The minimum atomic E-state index is -1.21. The predicted molar refractivity (Wildman–Crippen MR) is 87.3 cm³/mol. The number of nitrogens with zero attached hydrogens (tertiary/aromatic N) is 4. The minimum Gasteiger partial charge on any atom is -0.348 e. The van der Waals surface area contributed by atoms with E-state index in [4.69, 9.17) is 0 Å². The third-order valence-electron chi connectivity index (χ3n) is 4.12. The van der Waals surface area contributed by atoms with Gasteiger partial charge in [-0.3, -0.25) is 19.1 Å². The van der Waals surface area contributed by atoms with Crippen LogP contribution in [0.5, 0.6) is 0 Å². The molecule has 2 aromatic heterocycles. The maximum atomic E-state index is 14.2. The number of nitrogens with one attached hydrogen (secondary N) is 1. The summed E-state index contributed by atoms with van der Waals surface area (Å²) >= 11 is 0. The van der Waals surface area contributed by atoms with Crippen LogP contribution in [0.3, 0.4) is 0 Å². The van der Waals surface area contributed by atoms with E-state index in [1.54, 1.807) is 31.6 Å². The average Bonchev–Trinajstić information content (AvgIpc) is 2.93. The van der Waals surface area contributed by atoms with E-state index in [1.807, 2.05) is 0 Å². The predicted octanol–water partition coefficient (Wildman–Crippen LogP) is 0.823. The summed E-state index contributed by atoms with van der Waals surface area (Å²) in [6, 6.07) is 4.32. The second-order valence-electron chi connectivity index (χ2n) is 5.79. The van der Waals surface area contributed by atoms with Crippen LogP contribution >= 0.6 is 0 Å². The maximum Gasteiger partial charge on any atom is 0.255 e. The summed E-state index contributed by atoms with van der Waals surface area (Å²) in [7, 11) is 1.57. The van der Waals surface area contributed by atoms with E-state index in [0.29, 0.717) is 5.69 Å². The largest absolute Gasteiger partial charge is 0.348 e. The zero-order chi connectivity index (χ0) is 17.3. The van der Waals surface area contributed by atoms with Crippen LogP contribution in [0.15, 0.2) is 35.4 Å². The molecule has 7 nitrogen and oxygen atoms in total. The van der Waals surface area contributed by atoms with E-state index in [-0.39, 0.29) is 30.5 Å². The Labute approximate surface area is 138 Å². The van der Waals surface area contributed by atoms with Crippen LogP contribution in [0.2, 0.25) is 0 Å². The third-order valence-corrected chi connectivity index (χ3v) is 4.12. The summed E-state index contributed by atoms with van der Waals surface area (Å²) in [5.74, 6) is 0.0988. The number of halogens is 1. The highest BCUT2D eigenvalue weighted by Crippen LogP contribution is 2.20. The fraction of sp³-hybridized carbons (Fsp3) is 0.375. The van der Waals surface area contributed by atoms with Crippen LogP contribution in [0, 0.1) is 0 Å². The molecule has 126 valence electrons.